The van der Waals surface area contributed by atoms with Crippen molar-refractivity contribution in [1.29, 1.82) is 0 Å². The number of H-pyrrole nitrogens is 1. The molecule has 20 heavy (non-hydrogen) atoms. The molecule has 2 rings (SSSR count). The standard InChI is InChI=1S/C11H17N3O5S/c1-11(19-2)4-3-5-14(7-11)20(17,18)9-8(10(15)16)6-12-13-9/h6H,3-5,7H2,1-2H3,(H,12,13)(H,15,16). The Balaban J connectivity index is 2.35. The highest BCUT2D eigenvalue weighted by Crippen LogP contribution is 2.28. The van der Waals surface area contributed by atoms with E-state index in [2.05, 4.69) is 10.2 Å². The molecule has 1 unspecified atom stereocenters. The molecule has 2 heterocycles. The fraction of sp³-hybridized carbons (Fsp3) is 0.636. The second-order valence-corrected chi connectivity index (χ2v) is 6.89. The number of piperidine rings is 1. The Labute approximate surface area is 116 Å². The van der Waals surface area contributed by atoms with E-state index in [9.17, 15) is 13.2 Å². The second-order valence-electron chi connectivity index (χ2n) is 5.01. The third-order valence-corrected chi connectivity index (χ3v) is 5.37. The van der Waals surface area contributed by atoms with Crippen molar-refractivity contribution >= 4 is 16.0 Å². The molecule has 0 aliphatic carbocycles. The first-order valence-corrected chi connectivity index (χ1v) is 7.56. The topological polar surface area (TPSA) is 113 Å². The first-order chi connectivity index (χ1) is 9.30. The summed E-state index contributed by atoms with van der Waals surface area (Å²) in [5.74, 6) is -1.33. The minimum absolute atomic E-state index is 0.184. The number of nitrogens with one attached hydrogen (secondary N) is 1. The molecule has 1 atom stereocenters. The number of methoxy groups -OCH3 is 1. The first-order valence-electron chi connectivity index (χ1n) is 6.12. The van der Waals surface area contributed by atoms with E-state index in [4.69, 9.17) is 9.84 Å². The molecule has 1 aromatic heterocycles. The van der Waals surface area contributed by atoms with Crippen molar-refractivity contribution in [3.8, 4) is 0 Å². The minimum atomic E-state index is -3.92. The molecule has 0 radical (unpaired) electrons. The molecule has 0 aromatic carbocycles. The molecule has 112 valence electrons. The highest BCUT2D eigenvalue weighted by atomic mass is 32.2. The largest absolute Gasteiger partial charge is 0.478 e. The van der Waals surface area contributed by atoms with Gasteiger partial charge in [-0.1, -0.05) is 0 Å². The predicted octanol–water partition coefficient (Wildman–Crippen LogP) is 0.298. The molecule has 1 fully saturated rings. The van der Waals surface area contributed by atoms with Crippen LogP contribution >= 0.6 is 0 Å². The highest BCUT2D eigenvalue weighted by molar-refractivity contribution is 7.89. The summed E-state index contributed by atoms with van der Waals surface area (Å²) in [5.41, 5.74) is -0.913. The molecule has 1 aliphatic heterocycles. The van der Waals surface area contributed by atoms with E-state index in [0.717, 1.165) is 12.6 Å². The summed E-state index contributed by atoms with van der Waals surface area (Å²) < 4.78 is 31.6. The summed E-state index contributed by atoms with van der Waals surface area (Å²) in [7, 11) is -2.38. The number of nitrogens with zero attached hydrogens (tertiary/aromatic N) is 2. The van der Waals surface area contributed by atoms with Gasteiger partial charge in [-0.05, 0) is 19.8 Å². The highest BCUT2D eigenvalue weighted by Gasteiger charge is 2.39. The number of rotatable bonds is 4. The van der Waals surface area contributed by atoms with Crippen LogP contribution < -0.4 is 0 Å². The van der Waals surface area contributed by atoms with Gasteiger partial charge < -0.3 is 9.84 Å². The monoisotopic (exact) mass is 303 g/mol. The van der Waals surface area contributed by atoms with Gasteiger partial charge in [-0.2, -0.15) is 9.40 Å². The van der Waals surface area contributed by atoms with Crippen LogP contribution in [0.3, 0.4) is 0 Å². The maximum Gasteiger partial charge on any atom is 0.340 e. The third-order valence-electron chi connectivity index (χ3n) is 3.55. The van der Waals surface area contributed by atoms with Crippen LogP contribution in [0.4, 0.5) is 0 Å². The van der Waals surface area contributed by atoms with Gasteiger partial charge in [-0.15, -0.1) is 0 Å². The number of carboxylic acid groups (broad SMARTS) is 1. The average Bonchev–Trinajstić information content (AvgIpc) is 2.89. The summed E-state index contributed by atoms with van der Waals surface area (Å²) >= 11 is 0. The van der Waals surface area contributed by atoms with Gasteiger partial charge in [0.05, 0.1) is 11.8 Å². The van der Waals surface area contributed by atoms with E-state index in [1.165, 1.54) is 11.4 Å². The van der Waals surface area contributed by atoms with Crippen LogP contribution in [0.15, 0.2) is 11.2 Å². The van der Waals surface area contributed by atoms with Crippen LogP contribution in [0.2, 0.25) is 0 Å². The predicted molar refractivity (Wildman–Crippen MR) is 69.0 cm³/mol. The summed E-state index contributed by atoms with van der Waals surface area (Å²) in [6, 6.07) is 0. The Kier molecular flexibility index (Phi) is 3.85. The van der Waals surface area contributed by atoms with Gasteiger partial charge in [-0.3, -0.25) is 5.10 Å². The fourth-order valence-electron chi connectivity index (χ4n) is 2.28. The number of aromatic amines is 1. The van der Waals surface area contributed by atoms with Crippen LogP contribution in [0.5, 0.6) is 0 Å². The quantitative estimate of drug-likeness (QED) is 0.827. The van der Waals surface area contributed by atoms with E-state index in [1.54, 1.807) is 0 Å². The Morgan fingerprint density at radius 3 is 2.90 bits per heavy atom. The van der Waals surface area contributed by atoms with Crippen molar-refractivity contribution in [1.82, 2.24) is 14.5 Å². The average molecular weight is 303 g/mol. The van der Waals surface area contributed by atoms with Gasteiger partial charge in [0.1, 0.15) is 5.56 Å². The summed E-state index contributed by atoms with van der Waals surface area (Å²) in [5, 5.41) is 14.4. The van der Waals surface area contributed by atoms with Crippen LogP contribution in [0, 0.1) is 0 Å². The molecule has 1 aromatic rings. The fourth-order valence-corrected chi connectivity index (χ4v) is 3.94. The normalized spacial score (nSPS) is 24.7. The summed E-state index contributed by atoms with van der Waals surface area (Å²) in [4.78, 5) is 11.0. The van der Waals surface area contributed by atoms with Crippen molar-refractivity contribution in [2.45, 2.75) is 30.4 Å². The van der Waals surface area contributed by atoms with Crippen molar-refractivity contribution < 1.29 is 23.1 Å². The molecule has 0 saturated carbocycles. The number of sulfonamides is 1. The Morgan fingerprint density at radius 1 is 1.60 bits per heavy atom. The molecular weight excluding hydrogens is 286 g/mol. The van der Waals surface area contributed by atoms with E-state index < -0.39 is 21.6 Å². The summed E-state index contributed by atoms with van der Waals surface area (Å²) in [6.07, 6.45) is 2.40. The molecular formula is C11H17N3O5S. The Bertz CT molecular complexity index is 611. The van der Waals surface area contributed by atoms with Crippen molar-refractivity contribution in [2.24, 2.45) is 0 Å². The van der Waals surface area contributed by atoms with Crippen LogP contribution in [0.25, 0.3) is 0 Å². The smallest absolute Gasteiger partial charge is 0.340 e. The number of carboxylic acids is 1. The zero-order valence-corrected chi connectivity index (χ0v) is 12.1. The molecule has 0 spiro atoms. The van der Waals surface area contributed by atoms with Gasteiger partial charge >= 0.3 is 5.97 Å². The Hall–Kier alpha value is -1.45. The molecule has 2 N–H and O–H groups in total. The summed E-state index contributed by atoms with van der Waals surface area (Å²) in [6.45, 7) is 2.35. The van der Waals surface area contributed by atoms with E-state index in [0.29, 0.717) is 13.0 Å². The van der Waals surface area contributed by atoms with Crippen molar-refractivity contribution in [2.75, 3.05) is 20.2 Å². The van der Waals surface area contributed by atoms with Gasteiger partial charge in [0, 0.05) is 20.2 Å². The molecule has 1 aliphatic rings. The number of aromatic carboxylic acids is 1. The lowest BCUT2D eigenvalue weighted by molar-refractivity contribution is -0.0319. The lowest BCUT2D eigenvalue weighted by Gasteiger charge is -2.38. The number of carbonyl (C=O) groups is 1. The van der Waals surface area contributed by atoms with E-state index in [-0.39, 0.29) is 17.1 Å². The maximum atomic E-state index is 12.5. The minimum Gasteiger partial charge on any atom is -0.478 e. The third kappa shape index (κ3) is 2.56. The molecule has 0 bridgehead atoms. The number of ether oxygens (including phenoxy) is 1. The van der Waals surface area contributed by atoms with E-state index in [1.807, 2.05) is 6.92 Å². The lowest BCUT2D eigenvalue weighted by Crippen LogP contribution is -2.49. The number of hydrogen-bond donors (Lipinski definition) is 2. The van der Waals surface area contributed by atoms with E-state index >= 15 is 0 Å². The lowest BCUT2D eigenvalue weighted by atomic mass is 9.96. The van der Waals surface area contributed by atoms with Gasteiger partial charge in [0.2, 0.25) is 0 Å². The zero-order valence-electron chi connectivity index (χ0n) is 11.3. The molecule has 1 saturated heterocycles. The van der Waals surface area contributed by atoms with Gasteiger partial charge in [-0.25, -0.2) is 13.2 Å². The molecule has 8 nitrogen and oxygen atoms in total. The zero-order chi connectivity index (χ0) is 15.0. The maximum absolute atomic E-state index is 12.5. The number of hydrogen-bond acceptors (Lipinski definition) is 5. The molecule has 0 amide bonds. The second kappa shape index (κ2) is 5.15. The van der Waals surface area contributed by atoms with Crippen molar-refractivity contribution in [3.05, 3.63) is 11.8 Å². The van der Waals surface area contributed by atoms with Crippen molar-refractivity contribution in [3.63, 3.8) is 0 Å². The molecule has 9 heteroatoms. The van der Waals surface area contributed by atoms with Crippen LogP contribution in [-0.4, -0.2) is 59.8 Å². The van der Waals surface area contributed by atoms with Gasteiger partial charge in [0.25, 0.3) is 10.0 Å². The number of aromatic nitrogens is 2. The first kappa shape index (κ1) is 14.9. The Morgan fingerprint density at radius 2 is 2.30 bits per heavy atom. The van der Waals surface area contributed by atoms with Gasteiger partial charge in [0.15, 0.2) is 5.03 Å². The van der Waals surface area contributed by atoms with Crippen LogP contribution in [0.1, 0.15) is 30.1 Å². The van der Waals surface area contributed by atoms with Crippen LogP contribution in [-0.2, 0) is 14.8 Å². The SMILES string of the molecule is COC1(C)CCCN(S(=O)(=O)c2[nH]ncc2C(=O)O)C1.